The van der Waals surface area contributed by atoms with Crippen molar-refractivity contribution < 1.29 is 0 Å². The number of thiophene rings is 1. The predicted octanol–water partition coefficient (Wildman–Crippen LogP) is 18.2. The van der Waals surface area contributed by atoms with Gasteiger partial charge in [0.1, 0.15) is 0 Å². The van der Waals surface area contributed by atoms with Gasteiger partial charge in [0, 0.05) is 42.5 Å². The summed E-state index contributed by atoms with van der Waals surface area (Å²) in [5, 5.41) is 12.7. The van der Waals surface area contributed by atoms with E-state index in [-0.39, 0.29) is 5.41 Å². The fourth-order valence-corrected chi connectivity index (χ4v) is 12.5. The highest BCUT2D eigenvalue weighted by Crippen LogP contribution is 2.53. The van der Waals surface area contributed by atoms with Crippen LogP contribution in [0.4, 0.5) is 17.1 Å². The topological polar surface area (TPSA) is 3.24 Å². The average molecular weight is 860 g/mol. The fraction of sp³-hybridized carbons (Fsp3) is 0.0625. The molecule has 1 aliphatic rings. The van der Waals surface area contributed by atoms with Gasteiger partial charge in [-0.1, -0.05) is 196 Å². The van der Waals surface area contributed by atoms with Crippen LogP contribution in [0.15, 0.2) is 218 Å². The van der Waals surface area contributed by atoms with E-state index in [1.54, 1.807) is 0 Å². The highest BCUT2D eigenvalue weighted by Gasteiger charge is 2.36. The first kappa shape index (κ1) is 38.7. The van der Waals surface area contributed by atoms with Crippen molar-refractivity contribution in [2.75, 3.05) is 4.90 Å². The minimum absolute atomic E-state index is 0.0933. The molecule has 11 aromatic carbocycles. The van der Waals surface area contributed by atoms with E-state index in [0.717, 1.165) is 17.8 Å². The van der Waals surface area contributed by atoms with Crippen molar-refractivity contribution >= 4 is 103 Å². The van der Waals surface area contributed by atoms with Crippen LogP contribution < -0.4 is 4.90 Å². The Labute approximate surface area is 389 Å². The Morgan fingerprint density at radius 1 is 0.470 bits per heavy atom. The number of nitrogens with zero attached hydrogens (tertiary/aromatic N) is 1. The van der Waals surface area contributed by atoms with E-state index in [0.29, 0.717) is 0 Å². The molecule has 0 bridgehead atoms. The van der Waals surface area contributed by atoms with Gasteiger partial charge in [-0.25, -0.2) is 0 Å². The third kappa shape index (κ3) is 6.06. The number of anilines is 3. The molecule has 0 N–H and O–H groups in total. The summed E-state index contributed by atoms with van der Waals surface area (Å²) >= 11 is 1.92. The molecule has 1 heterocycles. The summed E-state index contributed by atoms with van der Waals surface area (Å²) in [5.41, 5.74) is 13.9. The Morgan fingerprint density at radius 3 is 1.82 bits per heavy atom. The summed E-state index contributed by atoms with van der Waals surface area (Å²) in [7, 11) is 0. The second-order valence-corrected chi connectivity index (χ2v) is 19.5. The maximum absolute atomic E-state index is 2.55. The molecule has 2 heteroatoms. The van der Waals surface area contributed by atoms with Crippen molar-refractivity contribution in [3.8, 4) is 11.1 Å². The van der Waals surface area contributed by atoms with Gasteiger partial charge in [0.2, 0.25) is 0 Å². The van der Waals surface area contributed by atoms with E-state index in [2.05, 4.69) is 243 Å². The van der Waals surface area contributed by atoms with Crippen LogP contribution in [0.3, 0.4) is 0 Å². The minimum Gasteiger partial charge on any atom is -0.310 e. The second kappa shape index (κ2) is 15.2. The first-order valence-corrected chi connectivity index (χ1v) is 23.9. The average Bonchev–Trinajstić information content (AvgIpc) is 3.85. The number of allylic oxidation sites excluding steroid dienone is 1. The molecular weight excluding hydrogens is 815 g/mol. The standard InChI is InChI=1S/C64H45NS/c1-64(2)57-29-16-15-28-53(57)55-40-46(33-35-58(55)64)65(45-32-34-52-50-26-12-11-24-48(50)49-25-13-14-27-51(49)54(52)39-45)59-30-17-31-60-62(59)56-38-43-22-9-10-23-47(43)61(63(56)66-60)44(36-41-18-5-3-6-19-41)37-42-20-7-4-8-21-42/h3-36,38-40H,37H2,1-2H3/b44-36-. The van der Waals surface area contributed by atoms with Gasteiger partial charge in [0.25, 0.3) is 0 Å². The van der Waals surface area contributed by atoms with Crippen LogP contribution >= 0.6 is 11.3 Å². The molecule has 0 atom stereocenters. The second-order valence-electron chi connectivity index (χ2n) is 18.4. The van der Waals surface area contributed by atoms with Crippen molar-refractivity contribution in [3.63, 3.8) is 0 Å². The Balaban J connectivity index is 1.11. The number of benzene rings is 11. The molecule has 0 amide bonds. The van der Waals surface area contributed by atoms with Crippen LogP contribution in [0.25, 0.3) is 86.0 Å². The van der Waals surface area contributed by atoms with Crippen LogP contribution in [0, 0.1) is 0 Å². The lowest BCUT2D eigenvalue weighted by Crippen LogP contribution is -2.15. The number of hydrogen-bond acceptors (Lipinski definition) is 2. The first-order valence-electron chi connectivity index (χ1n) is 23.0. The fourth-order valence-electron chi connectivity index (χ4n) is 11.2. The van der Waals surface area contributed by atoms with E-state index in [1.165, 1.54) is 113 Å². The monoisotopic (exact) mass is 859 g/mol. The number of rotatable bonds is 7. The molecule has 66 heavy (non-hydrogen) atoms. The highest BCUT2D eigenvalue weighted by atomic mass is 32.1. The highest BCUT2D eigenvalue weighted by molar-refractivity contribution is 7.26. The summed E-state index contributed by atoms with van der Waals surface area (Å²) in [6, 6.07) is 81.3. The Hall–Kier alpha value is -7.78. The molecule has 0 saturated heterocycles. The molecule has 0 unspecified atom stereocenters. The SMILES string of the molecule is CC1(C)c2ccccc2-c2cc(N(c3ccc4c5ccccc5c5ccccc5c4c3)c3cccc4sc5c(/C(=C\c6ccccc6)Cc6ccccc6)c6ccccc6cc5c34)ccc21. The van der Waals surface area contributed by atoms with Gasteiger partial charge in [0.15, 0.2) is 0 Å². The maximum Gasteiger partial charge on any atom is 0.0554 e. The Morgan fingerprint density at radius 2 is 1.06 bits per heavy atom. The third-order valence-corrected chi connectivity index (χ3v) is 15.4. The molecule has 0 fully saturated rings. The smallest absolute Gasteiger partial charge is 0.0554 e. The summed E-state index contributed by atoms with van der Waals surface area (Å²) in [6.45, 7) is 4.73. The van der Waals surface area contributed by atoms with Crippen molar-refractivity contribution in [2.45, 2.75) is 25.7 Å². The minimum atomic E-state index is -0.0933. The lowest BCUT2D eigenvalue weighted by Gasteiger charge is -2.28. The lowest BCUT2D eigenvalue weighted by molar-refractivity contribution is 0.660. The van der Waals surface area contributed by atoms with Crippen LogP contribution in [-0.4, -0.2) is 0 Å². The molecular formula is C64H45NS. The van der Waals surface area contributed by atoms with Gasteiger partial charge in [0.05, 0.1) is 5.69 Å². The van der Waals surface area contributed by atoms with Gasteiger partial charge < -0.3 is 4.90 Å². The predicted molar refractivity (Wildman–Crippen MR) is 286 cm³/mol. The van der Waals surface area contributed by atoms with Crippen LogP contribution in [0.2, 0.25) is 0 Å². The van der Waals surface area contributed by atoms with Gasteiger partial charge in [-0.2, -0.15) is 0 Å². The van der Waals surface area contributed by atoms with Gasteiger partial charge in [-0.15, -0.1) is 11.3 Å². The van der Waals surface area contributed by atoms with Crippen LogP contribution in [0.1, 0.15) is 41.7 Å². The van der Waals surface area contributed by atoms with Crippen LogP contribution in [0.5, 0.6) is 0 Å². The van der Waals surface area contributed by atoms with E-state index < -0.39 is 0 Å². The Kier molecular flexibility index (Phi) is 8.88. The third-order valence-electron chi connectivity index (χ3n) is 14.2. The lowest BCUT2D eigenvalue weighted by atomic mass is 9.82. The van der Waals surface area contributed by atoms with Gasteiger partial charge in [-0.05, 0) is 131 Å². The summed E-state index contributed by atoms with van der Waals surface area (Å²) < 4.78 is 2.59. The summed E-state index contributed by atoms with van der Waals surface area (Å²) in [6.07, 6.45) is 3.23. The zero-order valence-electron chi connectivity index (χ0n) is 36.9. The summed E-state index contributed by atoms with van der Waals surface area (Å²) in [5.74, 6) is 0. The van der Waals surface area contributed by atoms with Crippen LogP contribution in [-0.2, 0) is 11.8 Å². The largest absolute Gasteiger partial charge is 0.310 e. The molecule has 1 nitrogen and oxygen atoms in total. The molecule has 13 rings (SSSR count). The Bertz CT molecular complexity index is 3890. The zero-order chi connectivity index (χ0) is 43.9. The molecule has 1 aromatic heterocycles. The molecule has 12 aromatic rings. The van der Waals surface area contributed by atoms with Crippen molar-refractivity contribution in [1.82, 2.24) is 0 Å². The van der Waals surface area contributed by atoms with Crippen molar-refractivity contribution in [3.05, 3.63) is 246 Å². The van der Waals surface area contributed by atoms with Crippen molar-refractivity contribution in [2.24, 2.45) is 0 Å². The molecule has 0 radical (unpaired) electrons. The van der Waals surface area contributed by atoms with Gasteiger partial charge >= 0.3 is 0 Å². The zero-order valence-corrected chi connectivity index (χ0v) is 37.7. The summed E-state index contributed by atoms with van der Waals surface area (Å²) in [4.78, 5) is 2.55. The molecule has 1 aliphatic carbocycles. The number of hydrogen-bond donors (Lipinski definition) is 0. The van der Waals surface area contributed by atoms with Crippen molar-refractivity contribution in [1.29, 1.82) is 0 Å². The number of fused-ring (bicyclic) bond motifs is 13. The van der Waals surface area contributed by atoms with E-state index in [9.17, 15) is 0 Å². The molecule has 0 spiro atoms. The molecule has 0 saturated carbocycles. The first-order chi connectivity index (χ1) is 32.5. The normalized spacial score (nSPS) is 13.3. The van der Waals surface area contributed by atoms with E-state index in [4.69, 9.17) is 0 Å². The maximum atomic E-state index is 2.55. The molecule has 312 valence electrons. The quantitative estimate of drug-likeness (QED) is 0.114. The molecule has 0 aliphatic heterocycles. The van der Waals surface area contributed by atoms with E-state index >= 15 is 0 Å². The van der Waals surface area contributed by atoms with Gasteiger partial charge in [-0.3, -0.25) is 0 Å². The van der Waals surface area contributed by atoms with E-state index in [1.807, 2.05) is 11.3 Å².